The highest BCUT2D eigenvalue weighted by Crippen LogP contribution is 2.18. The van der Waals surface area contributed by atoms with Gasteiger partial charge >= 0.3 is 0 Å². The summed E-state index contributed by atoms with van der Waals surface area (Å²) in [6, 6.07) is 15.0. The number of nitrogens with one attached hydrogen (secondary N) is 1. The third-order valence-electron chi connectivity index (χ3n) is 3.35. The third kappa shape index (κ3) is 4.07. The molecule has 0 heterocycles. The second kappa shape index (κ2) is 7.06. The fraction of sp³-hybridized carbons (Fsp3) is 0.294. The van der Waals surface area contributed by atoms with Crippen LogP contribution in [0.15, 0.2) is 48.5 Å². The van der Waals surface area contributed by atoms with Gasteiger partial charge in [0.25, 0.3) is 0 Å². The average molecular weight is 273 g/mol. The van der Waals surface area contributed by atoms with Crippen molar-refractivity contribution >= 4 is 0 Å². The minimum atomic E-state index is -0.177. The topological polar surface area (TPSA) is 21.3 Å². The molecule has 106 valence electrons. The van der Waals surface area contributed by atoms with E-state index in [1.165, 1.54) is 11.6 Å². The van der Waals surface area contributed by atoms with Crippen LogP contribution in [-0.2, 0) is 6.42 Å². The highest BCUT2D eigenvalue weighted by Gasteiger charge is 2.05. The van der Waals surface area contributed by atoms with Gasteiger partial charge in [-0.1, -0.05) is 24.3 Å². The van der Waals surface area contributed by atoms with E-state index in [9.17, 15) is 4.39 Å². The number of methoxy groups -OCH3 is 1. The molecule has 0 amide bonds. The highest BCUT2D eigenvalue weighted by atomic mass is 19.1. The van der Waals surface area contributed by atoms with E-state index in [1.54, 1.807) is 19.2 Å². The zero-order chi connectivity index (χ0) is 14.4. The summed E-state index contributed by atoms with van der Waals surface area (Å²) >= 11 is 0. The fourth-order valence-corrected chi connectivity index (χ4v) is 2.15. The first-order chi connectivity index (χ1) is 9.69. The first-order valence-electron chi connectivity index (χ1n) is 6.81. The molecule has 2 rings (SSSR count). The Morgan fingerprint density at radius 1 is 1.15 bits per heavy atom. The van der Waals surface area contributed by atoms with E-state index in [0.29, 0.717) is 0 Å². The van der Waals surface area contributed by atoms with Crippen molar-refractivity contribution in [3.8, 4) is 5.75 Å². The summed E-state index contributed by atoms with van der Waals surface area (Å²) in [5.74, 6) is 0.685. The van der Waals surface area contributed by atoms with Gasteiger partial charge in [-0.15, -0.1) is 0 Å². The minimum absolute atomic E-state index is 0.177. The first-order valence-corrected chi connectivity index (χ1v) is 6.81. The molecule has 20 heavy (non-hydrogen) atoms. The van der Waals surface area contributed by atoms with Crippen LogP contribution in [0.3, 0.4) is 0 Å². The lowest BCUT2D eigenvalue weighted by Gasteiger charge is -2.15. The number of benzene rings is 2. The minimum Gasteiger partial charge on any atom is -0.497 e. The van der Waals surface area contributed by atoms with Crippen LogP contribution in [0, 0.1) is 5.82 Å². The van der Waals surface area contributed by atoms with Crippen LogP contribution in [0.5, 0.6) is 5.75 Å². The lowest BCUT2D eigenvalue weighted by molar-refractivity contribution is 0.413. The predicted molar refractivity (Wildman–Crippen MR) is 79.5 cm³/mol. The van der Waals surface area contributed by atoms with Gasteiger partial charge in [0, 0.05) is 6.04 Å². The molecule has 0 radical (unpaired) electrons. The molecule has 0 saturated carbocycles. The van der Waals surface area contributed by atoms with Crippen molar-refractivity contribution in [3.05, 3.63) is 65.5 Å². The van der Waals surface area contributed by atoms with E-state index in [2.05, 4.69) is 18.3 Å². The van der Waals surface area contributed by atoms with Crippen molar-refractivity contribution in [3.63, 3.8) is 0 Å². The Bertz CT molecular complexity index is 556. The van der Waals surface area contributed by atoms with Crippen molar-refractivity contribution in [2.75, 3.05) is 13.7 Å². The van der Waals surface area contributed by atoms with E-state index in [-0.39, 0.29) is 11.9 Å². The number of hydrogen-bond donors (Lipinski definition) is 1. The van der Waals surface area contributed by atoms with Gasteiger partial charge in [0.05, 0.1) is 7.11 Å². The SMILES string of the molecule is COc1cccc(C(C)NCCc2cccc(F)c2)c1. The van der Waals surface area contributed by atoms with Gasteiger partial charge < -0.3 is 10.1 Å². The van der Waals surface area contributed by atoms with E-state index in [0.717, 1.165) is 24.3 Å². The average Bonchev–Trinajstić information content (AvgIpc) is 2.47. The number of halogens is 1. The number of hydrogen-bond acceptors (Lipinski definition) is 2. The lowest BCUT2D eigenvalue weighted by Crippen LogP contribution is -2.21. The van der Waals surface area contributed by atoms with Gasteiger partial charge in [0.2, 0.25) is 0 Å². The quantitative estimate of drug-likeness (QED) is 0.866. The summed E-state index contributed by atoms with van der Waals surface area (Å²) in [5, 5.41) is 3.44. The maximum Gasteiger partial charge on any atom is 0.123 e. The smallest absolute Gasteiger partial charge is 0.123 e. The Balaban J connectivity index is 1.87. The summed E-state index contributed by atoms with van der Waals surface area (Å²) in [5.41, 5.74) is 2.19. The lowest BCUT2D eigenvalue weighted by atomic mass is 10.1. The Morgan fingerprint density at radius 3 is 2.70 bits per heavy atom. The zero-order valence-electron chi connectivity index (χ0n) is 11.9. The Kier molecular flexibility index (Phi) is 5.13. The Hall–Kier alpha value is -1.87. The summed E-state index contributed by atoms with van der Waals surface area (Å²) in [6.45, 7) is 2.92. The summed E-state index contributed by atoms with van der Waals surface area (Å²) in [4.78, 5) is 0. The molecular formula is C17H20FNO. The van der Waals surface area contributed by atoms with E-state index in [4.69, 9.17) is 4.74 Å². The number of ether oxygens (including phenoxy) is 1. The second-order valence-corrected chi connectivity index (χ2v) is 4.83. The summed E-state index contributed by atoms with van der Waals surface area (Å²) in [7, 11) is 1.67. The molecule has 0 aliphatic carbocycles. The Morgan fingerprint density at radius 2 is 1.95 bits per heavy atom. The molecular weight excluding hydrogens is 253 g/mol. The molecule has 0 aliphatic heterocycles. The van der Waals surface area contributed by atoms with Crippen molar-refractivity contribution in [1.82, 2.24) is 5.32 Å². The standard InChI is InChI=1S/C17H20FNO/c1-13(15-6-4-8-17(12-15)20-2)19-10-9-14-5-3-7-16(18)11-14/h3-8,11-13,19H,9-10H2,1-2H3. The molecule has 0 spiro atoms. The summed E-state index contributed by atoms with van der Waals surface area (Å²) in [6.07, 6.45) is 0.812. The second-order valence-electron chi connectivity index (χ2n) is 4.83. The fourth-order valence-electron chi connectivity index (χ4n) is 2.15. The van der Waals surface area contributed by atoms with Crippen LogP contribution in [0.4, 0.5) is 4.39 Å². The molecule has 0 fully saturated rings. The van der Waals surface area contributed by atoms with Crippen molar-refractivity contribution in [2.24, 2.45) is 0 Å². The van der Waals surface area contributed by atoms with E-state index >= 15 is 0 Å². The van der Waals surface area contributed by atoms with Crippen molar-refractivity contribution in [1.29, 1.82) is 0 Å². The zero-order valence-corrected chi connectivity index (χ0v) is 11.9. The molecule has 3 heteroatoms. The van der Waals surface area contributed by atoms with Crippen LogP contribution in [0.1, 0.15) is 24.1 Å². The first kappa shape index (κ1) is 14.5. The Labute approximate surface area is 119 Å². The molecule has 0 aromatic heterocycles. The molecule has 0 aliphatic rings. The predicted octanol–water partition coefficient (Wildman–Crippen LogP) is 3.73. The molecule has 1 N–H and O–H groups in total. The number of rotatable bonds is 6. The monoisotopic (exact) mass is 273 g/mol. The van der Waals surface area contributed by atoms with E-state index in [1.807, 2.05) is 24.3 Å². The van der Waals surface area contributed by atoms with Crippen LogP contribution >= 0.6 is 0 Å². The van der Waals surface area contributed by atoms with Gasteiger partial charge in [-0.3, -0.25) is 0 Å². The van der Waals surface area contributed by atoms with Gasteiger partial charge in [0.15, 0.2) is 0 Å². The van der Waals surface area contributed by atoms with Crippen LogP contribution < -0.4 is 10.1 Å². The van der Waals surface area contributed by atoms with E-state index < -0.39 is 0 Å². The molecule has 1 atom stereocenters. The van der Waals surface area contributed by atoms with Gasteiger partial charge in [-0.2, -0.15) is 0 Å². The molecule has 0 bridgehead atoms. The molecule has 2 nitrogen and oxygen atoms in total. The van der Waals surface area contributed by atoms with Gasteiger partial charge in [-0.05, 0) is 55.3 Å². The maximum atomic E-state index is 13.1. The highest BCUT2D eigenvalue weighted by molar-refractivity contribution is 5.30. The van der Waals surface area contributed by atoms with Gasteiger partial charge in [-0.25, -0.2) is 4.39 Å². The summed E-state index contributed by atoms with van der Waals surface area (Å²) < 4.78 is 18.3. The molecule has 2 aromatic carbocycles. The normalized spacial score (nSPS) is 12.2. The molecule has 2 aromatic rings. The third-order valence-corrected chi connectivity index (χ3v) is 3.35. The van der Waals surface area contributed by atoms with Crippen LogP contribution in [-0.4, -0.2) is 13.7 Å². The largest absolute Gasteiger partial charge is 0.497 e. The van der Waals surface area contributed by atoms with Crippen LogP contribution in [0.2, 0.25) is 0 Å². The van der Waals surface area contributed by atoms with Crippen molar-refractivity contribution in [2.45, 2.75) is 19.4 Å². The van der Waals surface area contributed by atoms with Gasteiger partial charge in [0.1, 0.15) is 11.6 Å². The molecule has 0 saturated heterocycles. The molecule has 1 unspecified atom stereocenters. The van der Waals surface area contributed by atoms with Crippen molar-refractivity contribution < 1.29 is 9.13 Å². The maximum absolute atomic E-state index is 13.1. The van der Waals surface area contributed by atoms with Crippen LogP contribution in [0.25, 0.3) is 0 Å².